The van der Waals surface area contributed by atoms with E-state index in [9.17, 15) is 18.4 Å². The van der Waals surface area contributed by atoms with E-state index in [0.717, 1.165) is 4.90 Å². The SMILES string of the molecule is CC1C(C(=O)O)CCN1C(=O)C(C)(F)F. The van der Waals surface area contributed by atoms with Crippen molar-refractivity contribution in [3.8, 4) is 0 Å². The van der Waals surface area contributed by atoms with E-state index in [1.54, 1.807) is 0 Å². The summed E-state index contributed by atoms with van der Waals surface area (Å²) in [4.78, 5) is 22.9. The minimum Gasteiger partial charge on any atom is -0.481 e. The lowest BCUT2D eigenvalue weighted by atomic mass is 10.0. The van der Waals surface area contributed by atoms with E-state index in [0.29, 0.717) is 6.92 Å². The summed E-state index contributed by atoms with van der Waals surface area (Å²) in [6, 6.07) is -0.666. The van der Waals surface area contributed by atoms with Gasteiger partial charge in [0.1, 0.15) is 0 Å². The number of carboxylic acid groups (broad SMARTS) is 1. The average Bonchev–Trinajstić information content (AvgIpc) is 2.44. The summed E-state index contributed by atoms with van der Waals surface area (Å²) in [6.45, 7) is 2.09. The number of carboxylic acids is 1. The number of aliphatic carboxylic acids is 1. The zero-order chi connectivity index (χ0) is 11.8. The monoisotopic (exact) mass is 221 g/mol. The van der Waals surface area contributed by atoms with Crippen molar-refractivity contribution in [3.63, 3.8) is 0 Å². The highest BCUT2D eigenvalue weighted by Gasteiger charge is 2.45. The standard InChI is InChI=1S/C9H13F2NO3/c1-5-6(7(13)14)3-4-12(5)8(15)9(2,10)11/h5-6H,3-4H2,1-2H3,(H,13,14). The van der Waals surface area contributed by atoms with Crippen LogP contribution in [0.25, 0.3) is 0 Å². The first-order chi connectivity index (χ1) is 6.75. The number of rotatable bonds is 2. The Balaban J connectivity index is 2.76. The van der Waals surface area contributed by atoms with Crippen LogP contribution in [0.1, 0.15) is 20.3 Å². The number of likely N-dealkylation sites (tertiary alicyclic amines) is 1. The molecule has 0 aromatic carbocycles. The van der Waals surface area contributed by atoms with Crippen LogP contribution in [0.15, 0.2) is 0 Å². The fraction of sp³-hybridized carbons (Fsp3) is 0.778. The van der Waals surface area contributed by atoms with Gasteiger partial charge in [-0.25, -0.2) is 0 Å². The summed E-state index contributed by atoms with van der Waals surface area (Å²) >= 11 is 0. The molecule has 1 saturated heterocycles. The molecule has 0 bridgehead atoms. The summed E-state index contributed by atoms with van der Waals surface area (Å²) in [6.07, 6.45) is 0.234. The molecule has 0 saturated carbocycles. The summed E-state index contributed by atoms with van der Waals surface area (Å²) < 4.78 is 25.5. The van der Waals surface area contributed by atoms with Gasteiger partial charge in [-0.2, -0.15) is 8.78 Å². The third-order valence-electron chi connectivity index (χ3n) is 2.71. The Kier molecular flexibility index (Phi) is 2.97. The molecule has 1 rings (SSSR count). The molecule has 0 aliphatic carbocycles. The number of halogens is 2. The van der Waals surface area contributed by atoms with E-state index >= 15 is 0 Å². The highest BCUT2D eigenvalue weighted by molar-refractivity contribution is 5.84. The number of hydrogen-bond acceptors (Lipinski definition) is 2. The lowest BCUT2D eigenvalue weighted by Crippen LogP contribution is -2.45. The van der Waals surface area contributed by atoms with Crippen molar-refractivity contribution in [2.24, 2.45) is 5.92 Å². The van der Waals surface area contributed by atoms with Crippen LogP contribution in [0.4, 0.5) is 8.78 Å². The van der Waals surface area contributed by atoms with Gasteiger partial charge in [0.05, 0.1) is 5.92 Å². The first-order valence-corrected chi connectivity index (χ1v) is 4.67. The quantitative estimate of drug-likeness (QED) is 0.755. The van der Waals surface area contributed by atoms with Crippen molar-refractivity contribution < 1.29 is 23.5 Å². The number of carbonyl (C=O) groups is 2. The minimum atomic E-state index is -3.43. The van der Waals surface area contributed by atoms with E-state index in [-0.39, 0.29) is 13.0 Å². The maximum absolute atomic E-state index is 12.7. The van der Waals surface area contributed by atoms with Gasteiger partial charge in [-0.15, -0.1) is 0 Å². The van der Waals surface area contributed by atoms with Gasteiger partial charge in [-0.3, -0.25) is 9.59 Å². The molecule has 2 atom stereocenters. The van der Waals surface area contributed by atoms with Gasteiger partial charge in [-0.1, -0.05) is 0 Å². The fourth-order valence-corrected chi connectivity index (χ4v) is 1.81. The van der Waals surface area contributed by atoms with E-state index in [2.05, 4.69) is 0 Å². The van der Waals surface area contributed by atoms with Crippen LogP contribution < -0.4 is 0 Å². The topological polar surface area (TPSA) is 57.6 Å². The Hall–Kier alpha value is -1.20. The third-order valence-corrected chi connectivity index (χ3v) is 2.71. The molecule has 1 aliphatic heterocycles. The molecule has 15 heavy (non-hydrogen) atoms. The van der Waals surface area contributed by atoms with E-state index in [1.165, 1.54) is 6.92 Å². The molecule has 2 unspecified atom stereocenters. The second-order valence-electron chi connectivity index (χ2n) is 3.86. The molecule has 1 N–H and O–H groups in total. The molecule has 1 fully saturated rings. The molecular formula is C9H13F2NO3. The maximum atomic E-state index is 12.7. The van der Waals surface area contributed by atoms with Gasteiger partial charge in [0, 0.05) is 19.5 Å². The van der Waals surface area contributed by atoms with Crippen molar-refractivity contribution >= 4 is 11.9 Å². The van der Waals surface area contributed by atoms with Crippen molar-refractivity contribution in [3.05, 3.63) is 0 Å². The Morgan fingerprint density at radius 1 is 1.47 bits per heavy atom. The Morgan fingerprint density at radius 3 is 2.33 bits per heavy atom. The molecule has 0 aromatic heterocycles. The molecule has 1 heterocycles. The molecule has 6 heteroatoms. The maximum Gasteiger partial charge on any atom is 0.322 e. The molecule has 4 nitrogen and oxygen atoms in total. The molecule has 1 amide bonds. The molecule has 0 spiro atoms. The molecule has 1 aliphatic rings. The van der Waals surface area contributed by atoms with Crippen molar-refractivity contribution in [1.29, 1.82) is 0 Å². The summed E-state index contributed by atoms with van der Waals surface area (Å²) in [5.74, 6) is -6.51. The average molecular weight is 221 g/mol. The highest BCUT2D eigenvalue weighted by atomic mass is 19.3. The van der Waals surface area contributed by atoms with Gasteiger partial charge < -0.3 is 10.0 Å². The fourth-order valence-electron chi connectivity index (χ4n) is 1.81. The van der Waals surface area contributed by atoms with Crippen molar-refractivity contribution in [2.45, 2.75) is 32.2 Å². The smallest absolute Gasteiger partial charge is 0.322 e. The van der Waals surface area contributed by atoms with Crippen LogP contribution in [0.3, 0.4) is 0 Å². The Morgan fingerprint density at radius 2 is 2.00 bits per heavy atom. The van der Waals surface area contributed by atoms with Gasteiger partial charge in [0.25, 0.3) is 5.91 Å². The lowest BCUT2D eigenvalue weighted by Gasteiger charge is -2.25. The van der Waals surface area contributed by atoms with Crippen LogP contribution >= 0.6 is 0 Å². The summed E-state index contributed by atoms with van der Waals surface area (Å²) in [5.41, 5.74) is 0. The second kappa shape index (κ2) is 3.75. The molecular weight excluding hydrogens is 208 g/mol. The van der Waals surface area contributed by atoms with Gasteiger partial charge in [0.2, 0.25) is 0 Å². The van der Waals surface area contributed by atoms with Crippen molar-refractivity contribution in [2.75, 3.05) is 6.54 Å². The van der Waals surface area contributed by atoms with Crippen LogP contribution in [0.5, 0.6) is 0 Å². The first kappa shape index (κ1) is 11.9. The zero-order valence-electron chi connectivity index (χ0n) is 8.54. The van der Waals surface area contributed by atoms with Gasteiger partial charge in [0.15, 0.2) is 0 Å². The predicted octanol–water partition coefficient (Wildman–Crippen LogP) is 0.963. The Bertz CT molecular complexity index is 288. The number of hydrogen-bond donors (Lipinski definition) is 1. The number of nitrogens with zero attached hydrogens (tertiary/aromatic N) is 1. The minimum absolute atomic E-state index is 0.0837. The summed E-state index contributed by atoms with van der Waals surface area (Å²) in [5, 5.41) is 8.76. The largest absolute Gasteiger partial charge is 0.481 e. The van der Waals surface area contributed by atoms with E-state index < -0.39 is 29.8 Å². The summed E-state index contributed by atoms with van der Waals surface area (Å²) in [7, 11) is 0. The predicted molar refractivity (Wildman–Crippen MR) is 47.5 cm³/mol. The first-order valence-electron chi connectivity index (χ1n) is 4.67. The van der Waals surface area contributed by atoms with Crippen LogP contribution in [0, 0.1) is 5.92 Å². The third kappa shape index (κ3) is 2.24. The number of alkyl halides is 2. The molecule has 86 valence electrons. The second-order valence-corrected chi connectivity index (χ2v) is 3.86. The lowest BCUT2D eigenvalue weighted by molar-refractivity contribution is -0.156. The van der Waals surface area contributed by atoms with Crippen LogP contribution in [-0.2, 0) is 9.59 Å². The highest BCUT2D eigenvalue weighted by Crippen LogP contribution is 2.28. The zero-order valence-corrected chi connectivity index (χ0v) is 8.54. The molecule has 0 aromatic rings. The van der Waals surface area contributed by atoms with Gasteiger partial charge >= 0.3 is 11.9 Å². The van der Waals surface area contributed by atoms with E-state index in [4.69, 9.17) is 5.11 Å². The van der Waals surface area contributed by atoms with Crippen LogP contribution in [0.2, 0.25) is 0 Å². The normalized spacial score (nSPS) is 26.8. The van der Waals surface area contributed by atoms with Crippen LogP contribution in [-0.4, -0.2) is 40.4 Å². The number of carbonyl (C=O) groups excluding carboxylic acids is 1. The number of amides is 1. The van der Waals surface area contributed by atoms with Gasteiger partial charge in [-0.05, 0) is 13.3 Å². The Labute approximate surface area is 85.9 Å². The molecule has 0 radical (unpaired) electrons. The van der Waals surface area contributed by atoms with Crippen molar-refractivity contribution in [1.82, 2.24) is 4.90 Å². The van der Waals surface area contributed by atoms with E-state index in [1.807, 2.05) is 0 Å².